The second-order valence-electron chi connectivity index (χ2n) is 13.9. The number of benzene rings is 2. The average molecular weight is 704 g/mol. The van der Waals surface area contributed by atoms with E-state index in [1.54, 1.807) is 6.20 Å². The summed E-state index contributed by atoms with van der Waals surface area (Å²) in [6.07, 6.45) is 0.402. The topological polar surface area (TPSA) is 168 Å². The van der Waals surface area contributed by atoms with Gasteiger partial charge in [0.05, 0.1) is 32.1 Å². The molecule has 0 saturated carbocycles. The fourth-order valence-electron chi connectivity index (χ4n) is 5.73. The standard InChI is InChI=1S/C39H53N5O7/c1-8-25(2)33(43-37(48)50-6)35(46)42-31(23-26-14-10-9-11-15-26)32(45)24-29(41-36(47)34(39(3,4)5)44-38(49)51-7)22-27-17-19-28(20-18-27)30-16-12-13-21-40-30/h9-21,25,29,31-34,45H,8,22-24H2,1-7H3,(H,41,47)(H,42,46)(H,43,48)(H,44,49)/t25-,29-,31-,32-,33-,34+/m0/s1. The van der Waals surface area contributed by atoms with Crippen LogP contribution in [-0.2, 0) is 31.9 Å². The van der Waals surface area contributed by atoms with Crippen molar-refractivity contribution in [2.24, 2.45) is 11.3 Å². The van der Waals surface area contributed by atoms with E-state index in [0.29, 0.717) is 12.8 Å². The van der Waals surface area contributed by atoms with Gasteiger partial charge >= 0.3 is 12.2 Å². The molecule has 3 aromatic rings. The lowest BCUT2D eigenvalue weighted by Crippen LogP contribution is -2.58. The maximum Gasteiger partial charge on any atom is 0.407 e. The van der Waals surface area contributed by atoms with Crippen LogP contribution in [0.5, 0.6) is 0 Å². The molecule has 5 N–H and O–H groups in total. The molecular weight excluding hydrogens is 650 g/mol. The van der Waals surface area contributed by atoms with Crippen LogP contribution in [0.2, 0.25) is 0 Å². The molecule has 0 aliphatic heterocycles. The van der Waals surface area contributed by atoms with Crippen molar-refractivity contribution in [2.45, 2.75) is 90.6 Å². The van der Waals surface area contributed by atoms with Crippen molar-refractivity contribution in [3.8, 4) is 11.3 Å². The van der Waals surface area contributed by atoms with Crippen molar-refractivity contribution in [1.29, 1.82) is 0 Å². The first-order valence-corrected chi connectivity index (χ1v) is 17.3. The van der Waals surface area contributed by atoms with E-state index in [2.05, 4.69) is 26.3 Å². The summed E-state index contributed by atoms with van der Waals surface area (Å²) in [6, 6.07) is 19.7. The molecule has 12 heteroatoms. The number of nitrogens with one attached hydrogen (secondary N) is 4. The molecule has 0 aliphatic carbocycles. The van der Waals surface area contributed by atoms with E-state index in [9.17, 15) is 24.3 Å². The van der Waals surface area contributed by atoms with Crippen LogP contribution in [-0.4, -0.2) is 78.6 Å². The van der Waals surface area contributed by atoms with Gasteiger partial charge in [-0.05, 0) is 53.9 Å². The zero-order valence-corrected chi connectivity index (χ0v) is 30.6. The Bertz CT molecular complexity index is 1550. The number of ether oxygens (including phenoxy) is 2. The summed E-state index contributed by atoms with van der Waals surface area (Å²) in [5, 5.41) is 23.2. The zero-order chi connectivity index (χ0) is 37.6. The van der Waals surface area contributed by atoms with Crippen molar-refractivity contribution in [2.75, 3.05) is 14.2 Å². The van der Waals surface area contributed by atoms with Crippen molar-refractivity contribution >= 4 is 24.0 Å². The normalized spacial score (nSPS) is 14.8. The minimum atomic E-state index is -1.13. The van der Waals surface area contributed by atoms with Crippen LogP contribution in [0, 0.1) is 11.3 Å². The predicted molar refractivity (Wildman–Crippen MR) is 196 cm³/mol. The minimum Gasteiger partial charge on any atom is -0.453 e. The average Bonchev–Trinajstić information content (AvgIpc) is 3.12. The van der Waals surface area contributed by atoms with Gasteiger partial charge in [-0.3, -0.25) is 14.6 Å². The molecule has 0 unspecified atom stereocenters. The van der Waals surface area contributed by atoms with Crippen molar-refractivity contribution in [3.63, 3.8) is 0 Å². The van der Waals surface area contributed by atoms with Crippen LogP contribution in [0.15, 0.2) is 79.0 Å². The molecule has 3 rings (SSSR count). The Kier molecular flexibility index (Phi) is 15.4. The molecule has 1 aromatic heterocycles. The zero-order valence-electron chi connectivity index (χ0n) is 30.6. The van der Waals surface area contributed by atoms with Crippen LogP contribution in [0.1, 0.15) is 58.6 Å². The van der Waals surface area contributed by atoms with E-state index in [1.165, 1.54) is 14.2 Å². The van der Waals surface area contributed by atoms with Gasteiger partial charge in [0.15, 0.2) is 0 Å². The van der Waals surface area contributed by atoms with Crippen LogP contribution in [0.25, 0.3) is 11.3 Å². The Hall–Kier alpha value is -4.97. The third-order valence-corrected chi connectivity index (χ3v) is 8.89. The molecule has 0 aliphatic rings. The van der Waals surface area contributed by atoms with Crippen molar-refractivity contribution in [1.82, 2.24) is 26.3 Å². The van der Waals surface area contributed by atoms with E-state index in [-0.39, 0.29) is 18.8 Å². The first-order valence-electron chi connectivity index (χ1n) is 17.3. The lowest BCUT2D eigenvalue weighted by Gasteiger charge is -2.33. The number of aromatic nitrogens is 1. The van der Waals surface area contributed by atoms with E-state index < -0.39 is 59.7 Å². The Balaban J connectivity index is 1.95. The van der Waals surface area contributed by atoms with E-state index in [0.717, 1.165) is 22.4 Å². The van der Waals surface area contributed by atoms with Crippen molar-refractivity contribution < 1.29 is 33.8 Å². The van der Waals surface area contributed by atoms with Gasteiger partial charge in [-0.2, -0.15) is 0 Å². The lowest BCUT2D eigenvalue weighted by molar-refractivity contribution is -0.127. The Morgan fingerprint density at radius 2 is 1.37 bits per heavy atom. The molecule has 51 heavy (non-hydrogen) atoms. The van der Waals surface area contributed by atoms with Gasteiger partial charge in [-0.1, -0.05) is 102 Å². The van der Waals surface area contributed by atoms with Crippen LogP contribution in [0.3, 0.4) is 0 Å². The van der Waals surface area contributed by atoms with Gasteiger partial charge < -0.3 is 35.8 Å². The Morgan fingerprint density at radius 1 is 0.765 bits per heavy atom. The summed E-state index contributed by atoms with van der Waals surface area (Å²) in [7, 11) is 2.46. The molecular formula is C39H53N5O7. The summed E-state index contributed by atoms with van der Waals surface area (Å²) in [6.45, 7) is 9.25. The highest BCUT2D eigenvalue weighted by atomic mass is 16.5. The number of carbonyl (C=O) groups is 4. The first kappa shape index (κ1) is 40.5. The summed E-state index contributed by atoms with van der Waals surface area (Å²) in [5.41, 5.74) is 2.85. The SMILES string of the molecule is CC[C@H](C)[C@H](NC(=O)OC)C(=O)N[C@@H](Cc1ccccc1)[C@@H](O)C[C@H](Cc1ccc(-c2ccccn2)cc1)NC(=O)[C@@H](NC(=O)OC)C(C)(C)C. The maximum atomic E-state index is 13.8. The fraction of sp³-hybridized carbons (Fsp3) is 0.462. The largest absolute Gasteiger partial charge is 0.453 e. The van der Waals surface area contributed by atoms with Gasteiger partial charge in [-0.25, -0.2) is 9.59 Å². The quantitative estimate of drug-likeness (QED) is 0.142. The Labute approximate surface area is 301 Å². The molecule has 1 heterocycles. The van der Waals surface area contributed by atoms with Gasteiger partial charge in [0, 0.05) is 17.8 Å². The monoisotopic (exact) mass is 703 g/mol. The molecule has 6 atom stereocenters. The number of amides is 4. The number of hydrogen-bond acceptors (Lipinski definition) is 8. The molecule has 0 fully saturated rings. The first-order chi connectivity index (χ1) is 24.2. The number of alkyl carbamates (subject to hydrolysis) is 2. The van der Waals surface area contributed by atoms with E-state index in [1.807, 2.05) is 107 Å². The molecule has 0 radical (unpaired) electrons. The van der Waals surface area contributed by atoms with E-state index in [4.69, 9.17) is 9.47 Å². The van der Waals surface area contributed by atoms with Crippen molar-refractivity contribution in [3.05, 3.63) is 90.1 Å². The molecule has 276 valence electrons. The molecule has 2 aromatic carbocycles. The van der Waals surface area contributed by atoms with Gasteiger partial charge in [-0.15, -0.1) is 0 Å². The number of nitrogens with zero attached hydrogens (tertiary/aromatic N) is 1. The number of pyridine rings is 1. The summed E-state index contributed by atoms with van der Waals surface area (Å²) in [4.78, 5) is 56.3. The van der Waals surface area contributed by atoms with Gasteiger partial charge in [0.25, 0.3) is 0 Å². The fourth-order valence-corrected chi connectivity index (χ4v) is 5.73. The number of aliphatic hydroxyl groups excluding tert-OH is 1. The molecule has 12 nitrogen and oxygen atoms in total. The number of rotatable bonds is 16. The van der Waals surface area contributed by atoms with Crippen LogP contribution >= 0.6 is 0 Å². The van der Waals surface area contributed by atoms with Gasteiger partial charge in [0.1, 0.15) is 12.1 Å². The molecule has 0 spiro atoms. The second-order valence-corrected chi connectivity index (χ2v) is 13.9. The highest BCUT2D eigenvalue weighted by Gasteiger charge is 2.36. The highest BCUT2D eigenvalue weighted by molar-refractivity contribution is 5.87. The van der Waals surface area contributed by atoms with Gasteiger partial charge in [0.2, 0.25) is 11.8 Å². The smallest absolute Gasteiger partial charge is 0.407 e. The summed E-state index contributed by atoms with van der Waals surface area (Å²) < 4.78 is 9.56. The highest BCUT2D eigenvalue weighted by Crippen LogP contribution is 2.22. The number of carbonyl (C=O) groups excluding carboxylic acids is 4. The van der Waals surface area contributed by atoms with Crippen LogP contribution < -0.4 is 21.3 Å². The number of methoxy groups -OCH3 is 2. The lowest BCUT2D eigenvalue weighted by atomic mass is 9.85. The number of aliphatic hydroxyl groups is 1. The molecule has 4 amide bonds. The predicted octanol–water partition coefficient (Wildman–Crippen LogP) is 4.80. The molecule has 0 bridgehead atoms. The summed E-state index contributed by atoms with van der Waals surface area (Å²) in [5.74, 6) is -1.13. The summed E-state index contributed by atoms with van der Waals surface area (Å²) >= 11 is 0. The Morgan fingerprint density at radius 3 is 1.94 bits per heavy atom. The maximum absolute atomic E-state index is 13.8. The number of hydrogen-bond donors (Lipinski definition) is 5. The third-order valence-electron chi connectivity index (χ3n) is 8.89. The van der Waals surface area contributed by atoms with E-state index >= 15 is 0 Å². The second kappa shape index (κ2) is 19.4. The molecule has 0 saturated heterocycles. The third kappa shape index (κ3) is 12.7. The van der Waals surface area contributed by atoms with Crippen LogP contribution in [0.4, 0.5) is 9.59 Å². The minimum absolute atomic E-state index is 0.0546.